The molecule has 0 unspecified atom stereocenters. The van der Waals surface area contributed by atoms with Crippen molar-refractivity contribution in [2.24, 2.45) is 0 Å². The van der Waals surface area contributed by atoms with Gasteiger partial charge in [0.1, 0.15) is 34.0 Å². The first-order valence-corrected chi connectivity index (χ1v) is 8.70. The molecule has 0 spiro atoms. The van der Waals surface area contributed by atoms with Crippen LogP contribution in [0, 0.1) is 40.9 Å². The van der Waals surface area contributed by atoms with Crippen molar-refractivity contribution in [1.29, 1.82) is 15.8 Å². The average molecular weight is 377 g/mol. The second kappa shape index (κ2) is 7.28. The van der Waals surface area contributed by atoms with E-state index in [1.165, 1.54) is 0 Å². The van der Waals surface area contributed by atoms with Gasteiger partial charge in [0, 0.05) is 0 Å². The monoisotopic (exact) mass is 377 g/mol. The predicted molar refractivity (Wildman–Crippen MR) is 92.6 cm³/mol. The smallest absolute Gasteiger partial charge is 0.356 e. The quantitative estimate of drug-likeness (QED) is 0.336. The fourth-order valence-electron chi connectivity index (χ4n) is 1.99. The molecule has 0 bridgehead atoms. The van der Waals surface area contributed by atoms with Gasteiger partial charge < -0.3 is 4.74 Å². The molecule has 1 aliphatic rings. The van der Waals surface area contributed by atoms with Gasteiger partial charge in [0.05, 0.1) is 4.24 Å². The highest BCUT2D eigenvalue weighted by molar-refractivity contribution is 8.24. The molecule has 0 saturated carbocycles. The summed E-state index contributed by atoms with van der Waals surface area (Å²) in [5.41, 5.74) is 0.391. The number of hydrogen-bond acceptors (Lipinski definition) is 9. The van der Waals surface area contributed by atoms with E-state index in [1.807, 2.05) is 12.1 Å². The first-order chi connectivity index (χ1) is 12.6. The van der Waals surface area contributed by atoms with E-state index in [9.17, 15) is 10.1 Å². The highest BCUT2D eigenvalue weighted by Gasteiger charge is 2.29. The summed E-state index contributed by atoms with van der Waals surface area (Å²) in [6, 6.07) is 12.4. The number of carbonyl (C=O) groups excluding carboxylic acids is 1. The zero-order valence-corrected chi connectivity index (χ0v) is 14.8. The molecule has 0 N–H and O–H groups in total. The first kappa shape index (κ1) is 17.5. The number of fused-ring (bicyclic) bond motifs is 1. The van der Waals surface area contributed by atoms with Crippen molar-refractivity contribution in [2.75, 3.05) is 0 Å². The van der Waals surface area contributed by atoms with Crippen molar-refractivity contribution in [2.45, 2.75) is 17.0 Å². The Hall–Kier alpha value is -3.32. The van der Waals surface area contributed by atoms with E-state index in [0.717, 1.165) is 29.1 Å². The van der Waals surface area contributed by atoms with Crippen LogP contribution in [0.1, 0.15) is 17.0 Å². The van der Waals surface area contributed by atoms with Crippen LogP contribution in [0.25, 0.3) is 0 Å². The molecule has 0 amide bonds. The van der Waals surface area contributed by atoms with Gasteiger partial charge in [-0.3, -0.25) is 0 Å². The van der Waals surface area contributed by atoms with Gasteiger partial charge in [-0.2, -0.15) is 15.8 Å². The Labute approximate surface area is 156 Å². The minimum atomic E-state index is -0.786. The number of aromatic nitrogens is 2. The van der Waals surface area contributed by atoms with Crippen molar-refractivity contribution in [3.63, 3.8) is 0 Å². The summed E-state index contributed by atoms with van der Waals surface area (Å²) in [5.74, 6) is -0.420. The summed E-state index contributed by atoms with van der Waals surface area (Å²) >= 11 is 2.09. The molecule has 3 rings (SSSR count). The molecule has 0 aliphatic carbocycles. The van der Waals surface area contributed by atoms with Crippen LogP contribution in [0.2, 0.25) is 0 Å². The topological polar surface area (TPSA) is 123 Å². The number of aryl methyl sites for hydroxylation is 1. The van der Waals surface area contributed by atoms with Crippen molar-refractivity contribution in [1.82, 2.24) is 9.97 Å². The highest BCUT2D eigenvalue weighted by Crippen LogP contribution is 2.50. The fourth-order valence-corrected chi connectivity index (χ4v) is 4.23. The van der Waals surface area contributed by atoms with Gasteiger partial charge in [0.25, 0.3) is 0 Å². The van der Waals surface area contributed by atoms with E-state index >= 15 is 0 Å². The second-order valence-electron chi connectivity index (χ2n) is 4.89. The van der Waals surface area contributed by atoms with Crippen molar-refractivity contribution in [3.05, 3.63) is 51.0 Å². The Balaban J connectivity index is 1.93. The number of para-hydroxylation sites is 1. The normalized spacial score (nSPS) is 11.7. The first-order valence-electron chi connectivity index (χ1n) is 7.07. The Morgan fingerprint density at radius 2 is 1.62 bits per heavy atom. The lowest BCUT2D eigenvalue weighted by Crippen LogP contribution is -2.11. The molecule has 0 saturated heterocycles. The number of ether oxygens (including phenoxy) is 1. The van der Waals surface area contributed by atoms with Crippen LogP contribution >= 0.6 is 23.5 Å². The van der Waals surface area contributed by atoms with Crippen LogP contribution in [0.15, 0.2) is 44.1 Å². The highest BCUT2D eigenvalue weighted by atomic mass is 32.2. The largest absolute Gasteiger partial charge is 0.422 e. The summed E-state index contributed by atoms with van der Waals surface area (Å²) in [6.45, 7) is 1.79. The van der Waals surface area contributed by atoms with Crippen molar-refractivity contribution >= 4 is 29.5 Å². The molecule has 1 aliphatic heterocycles. The summed E-state index contributed by atoms with van der Waals surface area (Å²) in [6.07, 6.45) is 0. The van der Waals surface area contributed by atoms with Crippen LogP contribution in [0.5, 0.6) is 5.75 Å². The lowest BCUT2D eigenvalue weighted by atomic mass is 10.2. The molecule has 9 heteroatoms. The van der Waals surface area contributed by atoms with Gasteiger partial charge in [0.2, 0.25) is 0 Å². The number of benzene rings is 1. The number of nitrogens with zero attached hydrogens (tertiary/aromatic N) is 5. The Kier molecular flexibility index (Phi) is 4.90. The third-order valence-corrected chi connectivity index (χ3v) is 5.61. The van der Waals surface area contributed by atoms with Crippen molar-refractivity contribution in [3.8, 4) is 24.0 Å². The summed E-state index contributed by atoms with van der Waals surface area (Å²) < 4.78 is 5.66. The van der Waals surface area contributed by atoms with E-state index in [-0.39, 0.29) is 17.0 Å². The number of thioether (sulfide) groups is 2. The average Bonchev–Trinajstić information content (AvgIpc) is 3.05. The van der Waals surface area contributed by atoms with Gasteiger partial charge >= 0.3 is 5.97 Å². The summed E-state index contributed by atoms with van der Waals surface area (Å²) in [7, 11) is 0. The molecule has 124 valence electrons. The molecule has 0 atom stereocenters. The molecule has 0 radical (unpaired) electrons. The Morgan fingerprint density at radius 1 is 1.04 bits per heavy atom. The maximum Gasteiger partial charge on any atom is 0.356 e. The number of esters is 1. The third-order valence-electron chi connectivity index (χ3n) is 3.24. The molecule has 0 fully saturated rings. The number of nitriles is 3. The van der Waals surface area contributed by atoms with Gasteiger partial charge in [0.15, 0.2) is 17.0 Å². The number of rotatable bonds is 2. The van der Waals surface area contributed by atoms with Gasteiger partial charge in [-0.15, -0.1) is 0 Å². The van der Waals surface area contributed by atoms with Gasteiger partial charge in [-0.1, -0.05) is 41.7 Å². The lowest BCUT2D eigenvalue weighted by molar-refractivity contribution is -0.129. The van der Waals surface area contributed by atoms with E-state index in [2.05, 4.69) is 9.97 Å². The van der Waals surface area contributed by atoms with E-state index in [4.69, 9.17) is 15.3 Å². The van der Waals surface area contributed by atoms with Crippen LogP contribution in [-0.2, 0) is 4.79 Å². The molecule has 26 heavy (non-hydrogen) atoms. The zero-order chi connectivity index (χ0) is 18.7. The lowest BCUT2D eigenvalue weighted by Gasteiger charge is -2.06. The van der Waals surface area contributed by atoms with Gasteiger partial charge in [-0.05, 0) is 18.6 Å². The molecule has 1 aromatic carbocycles. The third kappa shape index (κ3) is 3.25. The molecular weight excluding hydrogens is 370 g/mol. The van der Waals surface area contributed by atoms with Crippen molar-refractivity contribution < 1.29 is 9.53 Å². The fraction of sp³-hybridized carbons (Fsp3) is 0.0588. The second-order valence-corrected chi connectivity index (χ2v) is 7.14. The zero-order valence-electron chi connectivity index (χ0n) is 13.2. The predicted octanol–water partition coefficient (Wildman–Crippen LogP) is 3.07. The summed E-state index contributed by atoms with van der Waals surface area (Å²) in [4.78, 5) is 20.5. The Morgan fingerprint density at radius 3 is 2.12 bits per heavy atom. The van der Waals surface area contributed by atoms with Crippen LogP contribution in [-0.4, -0.2) is 15.9 Å². The molecule has 2 heterocycles. The standard InChI is InChI=1S/C17H7N5O2S2/c1-9-4-2-3-5-13(9)24-16(23)10(6-18)17-25-14-15(26-17)22-12(8-20)11(7-19)21-14/h2-5H,1H3. The molecule has 7 nitrogen and oxygen atoms in total. The Bertz CT molecular complexity index is 1040. The van der Waals surface area contributed by atoms with E-state index < -0.39 is 5.97 Å². The van der Waals surface area contributed by atoms with Crippen LogP contribution < -0.4 is 4.74 Å². The van der Waals surface area contributed by atoms with E-state index in [1.54, 1.807) is 37.3 Å². The molecular formula is C17H7N5O2S2. The van der Waals surface area contributed by atoms with Crippen LogP contribution in [0.3, 0.4) is 0 Å². The van der Waals surface area contributed by atoms with E-state index in [0.29, 0.717) is 20.0 Å². The summed E-state index contributed by atoms with van der Waals surface area (Å²) in [5, 5.41) is 28.2. The SMILES string of the molecule is Cc1ccccc1OC(=O)C(C#N)=C1Sc2nc(C#N)c(C#N)nc2S1. The number of hydrogen-bond donors (Lipinski definition) is 0. The molecule has 1 aromatic heterocycles. The molecule has 2 aromatic rings. The minimum absolute atomic E-state index is 0.0957. The van der Waals surface area contributed by atoms with Gasteiger partial charge in [-0.25, -0.2) is 14.8 Å². The van der Waals surface area contributed by atoms with Crippen LogP contribution in [0.4, 0.5) is 0 Å². The number of carbonyl (C=O) groups is 1. The maximum absolute atomic E-state index is 12.4. The minimum Gasteiger partial charge on any atom is -0.422 e. The maximum atomic E-state index is 12.4.